The van der Waals surface area contributed by atoms with E-state index in [2.05, 4.69) is 10.1 Å². The minimum Gasteiger partial charge on any atom is -0.393 e. The Morgan fingerprint density at radius 1 is 1.52 bits per heavy atom. The first kappa shape index (κ1) is 12.9. The van der Waals surface area contributed by atoms with Gasteiger partial charge in [-0.3, -0.25) is 0 Å². The Hall–Kier alpha value is -1.84. The molecule has 0 spiro atoms. The quantitative estimate of drug-likeness (QED) is 0.704. The summed E-state index contributed by atoms with van der Waals surface area (Å²) < 4.78 is 34.4. The number of hydrogen-bond donors (Lipinski definition) is 3. The second-order valence-corrected chi connectivity index (χ2v) is 5.51. The first-order valence-electron chi connectivity index (χ1n) is 6.38. The van der Waals surface area contributed by atoms with Crippen molar-refractivity contribution in [2.24, 2.45) is 0 Å². The van der Waals surface area contributed by atoms with E-state index in [9.17, 15) is 19.0 Å². The van der Waals surface area contributed by atoms with E-state index in [1.54, 1.807) is 0 Å². The summed E-state index contributed by atoms with van der Waals surface area (Å²) in [6.45, 7) is -0.491. The summed E-state index contributed by atoms with van der Waals surface area (Å²) in [7, 11) is 0. The van der Waals surface area contributed by atoms with Crippen molar-refractivity contribution in [1.82, 2.24) is 14.6 Å². The molecule has 0 amide bonds. The Kier molecular flexibility index (Phi) is 2.25. The third-order valence-corrected chi connectivity index (χ3v) is 4.38. The molecule has 1 aliphatic heterocycles. The maximum absolute atomic E-state index is 14.5. The summed E-state index contributed by atoms with van der Waals surface area (Å²) in [4.78, 5) is 3.38. The highest BCUT2D eigenvalue weighted by Crippen LogP contribution is 2.64. The number of halogens is 2. The van der Waals surface area contributed by atoms with Gasteiger partial charge in [-0.15, -0.1) is 5.10 Å². The zero-order valence-corrected chi connectivity index (χ0v) is 10.7. The highest BCUT2D eigenvalue weighted by atomic mass is 19.1. The van der Waals surface area contributed by atoms with Gasteiger partial charge in [0.2, 0.25) is 0 Å². The van der Waals surface area contributed by atoms with E-state index in [-0.39, 0.29) is 17.9 Å². The maximum Gasteiger partial charge on any atom is 0.327 e. The predicted molar refractivity (Wildman–Crippen MR) is 65.5 cm³/mol. The standard InChI is InChI=1S/C12H12F2N4O3/c13-8-7(21-11(4-19)3-12(8,11)20)5-1-2-6-9(15)16-10(14)17-18(5)6/h1-2,7-8,19-20H,3-4H2,(H2,15,16,17)/t7-,8-,11+,12-/m0/s1. The molecular formula is C12H12F2N4O3. The molecule has 4 N–H and O–H groups in total. The molecule has 2 aliphatic rings. The van der Waals surface area contributed by atoms with Crippen molar-refractivity contribution in [2.45, 2.75) is 29.9 Å². The van der Waals surface area contributed by atoms with Gasteiger partial charge in [0.05, 0.1) is 12.3 Å². The summed E-state index contributed by atoms with van der Waals surface area (Å²) in [5.74, 6) is -0.0807. The zero-order chi connectivity index (χ0) is 15.0. The monoisotopic (exact) mass is 298 g/mol. The van der Waals surface area contributed by atoms with Gasteiger partial charge in [-0.05, 0) is 12.1 Å². The summed E-state index contributed by atoms with van der Waals surface area (Å²) in [6.07, 6.45) is -3.93. The average Bonchev–Trinajstić information content (AvgIpc) is 2.74. The smallest absolute Gasteiger partial charge is 0.327 e. The molecule has 9 heteroatoms. The number of aromatic nitrogens is 3. The lowest BCUT2D eigenvalue weighted by molar-refractivity contribution is -0.0465. The molecule has 2 aromatic heterocycles. The maximum atomic E-state index is 14.5. The van der Waals surface area contributed by atoms with Gasteiger partial charge in [0.25, 0.3) is 0 Å². The van der Waals surface area contributed by atoms with Crippen LogP contribution in [0.3, 0.4) is 0 Å². The number of fused-ring (bicyclic) bond motifs is 2. The van der Waals surface area contributed by atoms with Crippen LogP contribution >= 0.6 is 0 Å². The Labute approximate surface area is 117 Å². The summed E-state index contributed by atoms with van der Waals surface area (Å²) in [6, 6.07) is 3.00. The van der Waals surface area contributed by atoms with Gasteiger partial charge < -0.3 is 20.7 Å². The first-order valence-corrected chi connectivity index (χ1v) is 6.38. The fourth-order valence-corrected chi connectivity index (χ4v) is 3.10. The number of anilines is 1. The summed E-state index contributed by atoms with van der Waals surface area (Å²) in [5, 5.41) is 23.0. The van der Waals surface area contributed by atoms with Crippen molar-refractivity contribution in [3.05, 3.63) is 23.9 Å². The second kappa shape index (κ2) is 3.67. The van der Waals surface area contributed by atoms with Crippen molar-refractivity contribution in [1.29, 1.82) is 0 Å². The van der Waals surface area contributed by atoms with Gasteiger partial charge in [0.15, 0.2) is 12.0 Å². The highest BCUT2D eigenvalue weighted by molar-refractivity contribution is 5.65. The molecule has 0 bridgehead atoms. The third kappa shape index (κ3) is 1.40. The van der Waals surface area contributed by atoms with Crippen molar-refractivity contribution < 1.29 is 23.7 Å². The minimum atomic E-state index is -1.75. The van der Waals surface area contributed by atoms with E-state index >= 15 is 0 Å². The Morgan fingerprint density at radius 3 is 2.95 bits per heavy atom. The topological polar surface area (TPSA) is 106 Å². The van der Waals surface area contributed by atoms with Crippen LogP contribution < -0.4 is 5.73 Å². The molecule has 1 saturated heterocycles. The summed E-state index contributed by atoms with van der Waals surface area (Å²) >= 11 is 0. The van der Waals surface area contributed by atoms with Crippen LogP contribution in [0, 0.1) is 6.08 Å². The number of rotatable bonds is 2. The fraction of sp³-hybridized carbons (Fsp3) is 0.500. The molecular weight excluding hydrogens is 286 g/mol. The predicted octanol–water partition coefficient (Wildman–Crippen LogP) is -0.274. The van der Waals surface area contributed by atoms with E-state index in [0.717, 1.165) is 4.52 Å². The minimum absolute atomic E-state index is 0.0307. The van der Waals surface area contributed by atoms with Crippen LogP contribution in [0.2, 0.25) is 0 Å². The number of ether oxygens (including phenoxy) is 1. The van der Waals surface area contributed by atoms with E-state index in [0.29, 0.717) is 5.52 Å². The van der Waals surface area contributed by atoms with E-state index in [1.165, 1.54) is 12.1 Å². The molecule has 4 rings (SSSR count). The third-order valence-electron chi connectivity index (χ3n) is 4.38. The number of nitrogen functional groups attached to an aromatic ring is 1. The van der Waals surface area contributed by atoms with Gasteiger partial charge in [0, 0.05) is 6.42 Å². The molecule has 0 unspecified atom stereocenters. The van der Waals surface area contributed by atoms with Crippen LogP contribution in [-0.4, -0.2) is 48.8 Å². The second-order valence-electron chi connectivity index (χ2n) is 5.51. The zero-order valence-electron chi connectivity index (χ0n) is 10.7. The van der Waals surface area contributed by atoms with E-state index < -0.39 is 36.2 Å². The van der Waals surface area contributed by atoms with Crippen LogP contribution in [0.25, 0.3) is 5.52 Å². The van der Waals surface area contributed by atoms with Crippen LogP contribution in [0.1, 0.15) is 18.2 Å². The first-order chi connectivity index (χ1) is 9.92. The molecule has 112 valence electrons. The van der Waals surface area contributed by atoms with Gasteiger partial charge >= 0.3 is 6.08 Å². The van der Waals surface area contributed by atoms with Crippen molar-refractivity contribution in [3.63, 3.8) is 0 Å². The Balaban J connectivity index is 1.82. The molecule has 1 aliphatic carbocycles. The number of alkyl halides is 1. The molecule has 1 saturated carbocycles. The Morgan fingerprint density at radius 2 is 2.29 bits per heavy atom. The normalized spacial score (nSPS) is 37.9. The van der Waals surface area contributed by atoms with Crippen LogP contribution in [0.5, 0.6) is 0 Å². The highest BCUT2D eigenvalue weighted by Gasteiger charge is 2.80. The lowest BCUT2D eigenvalue weighted by Crippen LogP contribution is -2.30. The number of hydrogen-bond acceptors (Lipinski definition) is 6. The average molecular weight is 298 g/mol. The van der Waals surface area contributed by atoms with Gasteiger partial charge in [-0.1, -0.05) is 0 Å². The Bertz CT molecular complexity index is 751. The van der Waals surface area contributed by atoms with Crippen molar-refractivity contribution in [3.8, 4) is 0 Å². The van der Waals surface area contributed by atoms with Crippen LogP contribution in [0.15, 0.2) is 12.1 Å². The molecule has 4 atom stereocenters. The molecule has 21 heavy (non-hydrogen) atoms. The molecule has 2 aromatic rings. The SMILES string of the molecule is Nc1nc(F)nn2c([C@@H]3O[C@@]4(CO)C[C@]4(O)[C@H]3F)ccc12. The summed E-state index contributed by atoms with van der Waals surface area (Å²) in [5.41, 5.74) is 3.09. The number of nitrogens with zero attached hydrogens (tertiary/aromatic N) is 3. The number of aliphatic hydroxyl groups is 2. The molecule has 0 radical (unpaired) electrons. The largest absolute Gasteiger partial charge is 0.393 e. The van der Waals surface area contributed by atoms with E-state index in [4.69, 9.17) is 10.5 Å². The molecule has 0 aromatic carbocycles. The number of aliphatic hydroxyl groups excluding tert-OH is 1. The van der Waals surface area contributed by atoms with Gasteiger partial charge in [0.1, 0.15) is 22.8 Å². The van der Waals surface area contributed by atoms with Gasteiger partial charge in [-0.2, -0.15) is 9.37 Å². The fourth-order valence-electron chi connectivity index (χ4n) is 3.10. The number of nitrogens with two attached hydrogens (primary N) is 1. The van der Waals surface area contributed by atoms with Gasteiger partial charge in [-0.25, -0.2) is 8.91 Å². The molecule has 3 heterocycles. The van der Waals surface area contributed by atoms with Crippen LogP contribution in [-0.2, 0) is 4.74 Å². The van der Waals surface area contributed by atoms with Crippen LogP contribution in [0.4, 0.5) is 14.6 Å². The molecule has 7 nitrogen and oxygen atoms in total. The van der Waals surface area contributed by atoms with Crippen molar-refractivity contribution >= 4 is 11.3 Å². The lowest BCUT2D eigenvalue weighted by atomic mass is 10.1. The van der Waals surface area contributed by atoms with E-state index in [1.807, 2.05) is 0 Å². The van der Waals surface area contributed by atoms with Crippen molar-refractivity contribution in [2.75, 3.05) is 12.3 Å². The molecule has 2 fully saturated rings. The lowest BCUT2D eigenvalue weighted by Gasteiger charge is -2.18.